The second kappa shape index (κ2) is 8.15. The minimum absolute atomic E-state index is 0.0837. The zero-order chi connectivity index (χ0) is 21.3. The summed E-state index contributed by atoms with van der Waals surface area (Å²) in [7, 11) is -4.67. The molecule has 2 atom stereocenters. The molecule has 11 heteroatoms. The molecule has 158 valence electrons. The number of amides is 2. The number of Topliss-reactive ketones (excluding diaryl/α,β-unsaturated/α-hetero) is 2. The van der Waals surface area contributed by atoms with E-state index in [1.54, 1.807) is 0 Å². The maximum absolute atomic E-state index is 12.3. The van der Waals surface area contributed by atoms with E-state index in [2.05, 4.69) is 0 Å². The van der Waals surface area contributed by atoms with Gasteiger partial charge in [-0.3, -0.25) is 33.4 Å². The van der Waals surface area contributed by atoms with Crippen molar-refractivity contribution in [1.82, 2.24) is 4.90 Å². The van der Waals surface area contributed by atoms with Crippen LogP contribution < -0.4 is 0 Å². The summed E-state index contributed by atoms with van der Waals surface area (Å²) < 4.78 is 36.4. The Bertz CT molecular complexity index is 865. The topological polar surface area (TPSA) is 152 Å². The molecule has 1 heterocycles. The smallest absolute Gasteiger partial charge is 0.308 e. The molecule has 0 aromatic carbocycles. The Balaban J connectivity index is 1.46. The molecule has 0 spiro atoms. The zero-order valence-electron chi connectivity index (χ0n) is 15.5. The second-order valence-electron chi connectivity index (χ2n) is 7.60. The van der Waals surface area contributed by atoms with Crippen LogP contribution in [0.1, 0.15) is 32.1 Å². The Morgan fingerprint density at radius 3 is 2.17 bits per heavy atom. The highest BCUT2D eigenvalue weighted by molar-refractivity contribution is 7.87. The van der Waals surface area contributed by atoms with Crippen molar-refractivity contribution in [2.75, 3.05) is 13.2 Å². The highest BCUT2D eigenvalue weighted by atomic mass is 32.2. The molecule has 29 heavy (non-hydrogen) atoms. The van der Waals surface area contributed by atoms with E-state index in [0.29, 0.717) is 32.2 Å². The van der Waals surface area contributed by atoms with Gasteiger partial charge in [0.1, 0.15) is 18.3 Å². The summed E-state index contributed by atoms with van der Waals surface area (Å²) in [6, 6.07) is 0. The summed E-state index contributed by atoms with van der Waals surface area (Å²) >= 11 is 0. The van der Waals surface area contributed by atoms with Crippen LogP contribution in [0, 0.1) is 17.8 Å². The van der Waals surface area contributed by atoms with Crippen LogP contribution >= 0.6 is 0 Å². The molecule has 2 fully saturated rings. The minimum atomic E-state index is -4.67. The average molecular weight is 427 g/mol. The van der Waals surface area contributed by atoms with Gasteiger partial charge in [-0.1, -0.05) is 0 Å². The number of carbonyl (C=O) groups is 5. The predicted molar refractivity (Wildman–Crippen MR) is 95.7 cm³/mol. The van der Waals surface area contributed by atoms with E-state index >= 15 is 0 Å². The lowest BCUT2D eigenvalue weighted by atomic mass is 9.82. The largest absolute Gasteiger partial charge is 0.464 e. The van der Waals surface area contributed by atoms with Crippen LogP contribution in [0.2, 0.25) is 0 Å². The highest BCUT2D eigenvalue weighted by Crippen LogP contribution is 2.31. The number of esters is 1. The van der Waals surface area contributed by atoms with Crippen molar-refractivity contribution in [2.45, 2.75) is 37.4 Å². The summed E-state index contributed by atoms with van der Waals surface area (Å²) in [5.74, 6) is -4.61. The third-order valence-corrected chi connectivity index (χ3v) is 6.83. The molecule has 0 radical (unpaired) electrons. The van der Waals surface area contributed by atoms with Gasteiger partial charge in [0, 0.05) is 25.1 Å². The fraction of sp³-hybridized carbons (Fsp3) is 0.611. The van der Waals surface area contributed by atoms with Crippen LogP contribution in [0.4, 0.5) is 0 Å². The van der Waals surface area contributed by atoms with Gasteiger partial charge < -0.3 is 4.74 Å². The molecule has 3 rings (SSSR count). The van der Waals surface area contributed by atoms with E-state index in [4.69, 9.17) is 9.29 Å². The van der Waals surface area contributed by atoms with Gasteiger partial charge in [-0.25, -0.2) is 0 Å². The maximum atomic E-state index is 12.3. The predicted octanol–water partition coefficient (Wildman–Crippen LogP) is -0.324. The number of ketones is 2. The van der Waals surface area contributed by atoms with Crippen LogP contribution in [0.3, 0.4) is 0 Å². The molecule has 1 aliphatic heterocycles. The first kappa shape index (κ1) is 21.3. The van der Waals surface area contributed by atoms with Crippen molar-refractivity contribution in [3.8, 4) is 0 Å². The number of ether oxygens (including phenoxy) is 1. The first-order valence-electron chi connectivity index (χ1n) is 9.31. The molecule has 3 aliphatic rings. The number of hydrogen-bond donors (Lipinski definition) is 1. The van der Waals surface area contributed by atoms with Crippen LogP contribution in [0.15, 0.2) is 12.2 Å². The lowest BCUT2D eigenvalue weighted by molar-refractivity contribution is -0.153. The Morgan fingerprint density at radius 1 is 1.07 bits per heavy atom. The summed E-state index contributed by atoms with van der Waals surface area (Å²) in [6.07, 6.45) is 4.02. The second-order valence-corrected chi connectivity index (χ2v) is 9.20. The molecule has 0 bridgehead atoms. The summed E-state index contributed by atoms with van der Waals surface area (Å²) in [6.45, 7) is -0.237. The third kappa shape index (κ3) is 4.61. The van der Waals surface area contributed by atoms with Gasteiger partial charge in [0.2, 0.25) is 0 Å². The Hall–Kier alpha value is -2.40. The number of carbonyl (C=O) groups excluding carboxylic acids is 5. The van der Waals surface area contributed by atoms with Crippen molar-refractivity contribution in [3.63, 3.8) is 0 Å². The summed E-state index contributed by atoms with van der Waals surface area (Å²) in [5, 5.41) is -1.79. The van der Waals surface area contributed by atoms with Crippen molar-refractivity contribution in [3.05, 3.63) is 12.2 Å². The molecule has 2 unspecified atom stereocenters. The molecular weight excluding hydrogens is 406 g/mol. The van der Waals surface area contributed by atoms with Gasteiger partial charge in [-0.05, 0) is 31.6 Å². The van der Waals surface area contributed by atoms with Gasteiger partial charge in [0.05, 0.1) is 5.92 Å². The first-order chi connectivity index (χ1) is 13.6. The van der Waals surface area contributed by atoms with Crippen LogP contribution in [-0.4, -0.2) is 65.6 Å². The number of imide groups is 1. The zero-order valence-corrected chi connectivity index (χ0v) is 16.3. The molecule has 2 aliphatic carbocycles. The maximum Gasteiger partial charge on any atom is 0.308 e. The van der Waals surface area contributed by atoms with E-state index in [0.717, 1.165) is 0 Å². The van der Waals surface area contributed by atoms with Gasteiger partial charge >= 0.3 is 5.97 Å². The fourth-order valence-corrected chi connectivity index (χ4v) is 4.80. The number of nitrogens with zero attached hydrogens (tertiary/aromatic N) is 1. The molecule has 0 saturated heterocycles. The normalized spacial score (nSPS) is 30.3. The van der Waals surface area contributed by atoms with Crippen LogP contribution in [0.25, 0.3) is 0 Å². The Kier molecular flexibility index (Phi) is 5.99. The van der Waals surface area contributed by atoms with Gasteiger partial charge in [-0.15, -0.1) is 0 Å². The Morgan fingerprint density at radius 2 is 1.66 bits per heavy atom. The highest BCUT2D eigenvalue weighted by Gasteiger charge is 2.48. The van der Waals surface area contributed by atoms with Crippen molar-refractivity contribution in [1.29, 1.82) is 0 Å². The molecule has 2 amide bonds. The van der Waals surface area contributed by atoms with Crippen molar-refractivity contribution < 1.29 is 41.7 Å². The summed E-state index contributed by atoms with van der Waals surface area (Å²) in [4.78, 5) is 60.5. The van der Waals surface area contributed by atoms with Gasteiger partial charge in [-0.2, -0.15) is 8.42 Å². The molecule has 0 aromatic rings. The monoisotopic (exact) mass is 427 g/mol. The van der Waals surface area contributed by atoms with E-state index in [9.17, 15) is 32.4 Å². The molecule has 10 nitrogen and oxygen atoms in total. The van der Waals surface area contributed by atoms with E-state index < -0.39 is 57.8 Å². The SMILES string of the molecule is O=C(OCC1C(=O)CC(S(=O)(=O)O)C1=O)C1CCC(CN2C(=O)C=CC2=O)CC1. The van der Waals surface area contributed by atoms with Crippen LogP contribution in [0.5, 0.6) is 0 Å². The van der Waals surface area contributed by atoms with E-state index in [-0.39, 0.29) is 17.7 Å². The third-order valence-electron chi connectivity index (χ3n) is 5.71. The fourth-order valence-electron chi connectivity index (χ4n) is 3.97. The summed E-state index contributed by atoms with van der Waals surface area (Å²) in [5.41, 5.74) is 0. The van der Waals surface area contributed by atoms with E-state index in [1.165, 1.54) is 17.1 Å². The first-order valence-corrected chi connectivity index (χ1v) is 10.8. The minimum Gasteiger partial charge on any atom is -0.464 e. The van der Waals surface area contributed by atoms with Crippen molar-refractivity contribution >= 4 is 39.5 Å². The Labute approximate surface area is 167 Å². The quantitative estimate of drug-likeness (QED) is 0.260. The van der Waals surface area contributed by atoms with Crippen molar-refractivity contribution in [2.24, 2.45) is 17.8 Å². The van der Waals surface area contributed by atoms with E-state index in [1.807, 2.05) is 0 Å². The van der Waals surface area contributed by atoms with Gasteiger partial charge in [0.25, 0.3) is 21.9 Å². The molecule has 1 N–H and O–H groups in total. The van der Waals surface area contributed by atoms with Gasteiger partial charge in [0.15, 0.2) is 11.0 Å². The molecule has 0 aromatic heterocycles. The number of hydrogen-bond acceptors (Lipinski definition) is 8. The lowest BCUT2D eigenvalue weighted by Gasteiger charge is -2.29. The average Bonchev–Trinajstić information content (AvgIpc) is 3.13. The standard InChI is InChI=1S/C18H21NO9S/c20-13-7-14(29(25,26)27)17(23)12(13)9-28-18(24)11-3-1-10(2-4-11)8-19-15(21)5-6-16(19)22/h5-6,10-12,14H,1-4,7-9H2,(H,25,26,27). The molecular formula is C18H21NO9S. The van der Waals surface area contributed by atoms with Crippen LogP contribution in [-0.2, 0) is 38.8 Å². The number of rotatable bonds is 6. The lowest BCUT2D eigenvalue weighted by Crippen LogP contribution is -2.37. The molecule has 2 saturated carbocycles.